The van der Waals surface area contributed by atoms with E-state index in [-0.39, 0.29) is 18.9 Å². The molecule has 0 aromatic carbocycles. The van der Waals surface area contributed by atoms with E-state index in [2.05, 4.69) is 6.92 Å². The average molecular weight is 268 g/mol. The van der Waals surface area contributed by atoms with Crippen LogP contribution in [0.1, 0.15) is 39.0 Å². The average Bonchev–Trinajstić information content (AvgIpc) is 2.38. The van der Waals surface area contributed by atoms with Gasteiger partial charge in [0.25, 0.3) is 0 Å². The Morgan fingerprint density at radius 2 is 2.11 bits per heavy atom. The van der Waals surface area contributed by atoms with Gasteiger partial charge in [0.2, 0.25) is 0 Å². The number of aliphatic carboxylic acids is 1. The van der Waals surface area contributed by atoms with E-state index in [0.29, 0.717) is 12.2 Å². The molecule has 0 saturated heterocycles. The molecule has 0 heterocycles. The predicted octanol–water partition coefficient (Wildman–Crippen LogP) is 2.42. The van der Waals surface area contributed by atoms with Crippen LogP contribution in [-0.4, -0.2) is 30.3 Å². The van der Waals surface area contributed by atoms with Crippen molar-refractivity contribution in [3.63, 3.8) is 0 Å². The van der Waals surface area contributed by atoms with Gasteiger partial charge in [-0.25, -0.2) is 0 Å². The maximum Gasteiger partial charge on any atom is 0.311 e. The van der Waals surface area contributed by atoms with Crippen molar-refractivity contribution in [2.45, 2.75) is 45.1 Å². The molecule has 0 radical (unpaired) electrons. The molecule has 106 valence electrons. The third kappa shape index (κ3) is 5.26. The Bertz CT molecular complexity index is 395. The van der Waals surface area contributed by atoms with E-state index in [1.54, 1.807) is 13.2 Å². The highest BCUT2D eigenvalue weighted by atomic mass is 16.6. The number of carbonyl (C=O) groups excluding carboxylic acids is 1. The van der Waals surface area contributed by atoms with Gasteiger partial charge < -0.3 is 14.6 Å². The second-order valence-corrected chi connectivity index (χ2v) is 4.44. The molecule has 1 unspecified atom stereocenters. The number of carbonyl (C=O) groups is 2. The van der Waals surface area contributed by atoms with Gasteiger partial charge in [-0.05, 0) is 12.5 Å². The third-order valence-electron chi connectivity index (χ3n) is 2.88. The number of hydrogen-bond donors (Lipinski definition) is 1. The molecule has 0 aromatic rings. The lowest BCUT2D eigenvalue weighted by molar-refractivity contribution is -0.146. The van der Waals surface area contributed by atoms with Crippen LogP contribution in [0.2, 0.25) is 0 Å². The molecule has 0 aromatic heterocycles. The summed E-state index contributed by atoms with van der Waals surface area (Å²) >= 11 is 0. The minimum Gasteiger partial charge on any atom is -0.481 e. The maximum absolute atomic E-state index is 11.5. The standard InChI is InChI=1S/C14H20O5/c1-3-4-10-5-6-11(12(9-10)18-2)19-14(17)8-7-13(15)16/h5-6,12H,3-4,7-9H2,1-2H3,(H,15,16). The number of carboxylic acid groups (broad SMARTS) is 1. The van der Waals surface area contributed by atoms with E-state index in [1.165, 1.54) is 5.57 Å². The molecule has 1 aliphatic carbocycles. The molecular weight excluding hydrogens is 248 g/mol. The summed E-state index contributed by atoms with van der Waals surface area (Å²) in [5.74, 6) is -1.09. The number of hydrogen-bond acceptors (Lipinski definition) is 4. The van der Waals surface area contributed by atoms with E-state index in [0.717, 1.165) is 12.8 Å². The van der Waals surface area contributed by atoms with E-state index in [4.69, 9.17) is 14.6 Å². The number of carboxylic acids is 1. The van der Waals surface area contributed by atoms with Crippen LogP contribution in [0.4, 0.5) is 0 Å². The quantitative estimate of drug-likeness (QED) is 0.718. The SMILES string of the molecule is CCCC1=CC=C(OC(=O)CCC(=O)O)C(OC)C1. The lowest BCUT2D eigenvalue weighted by Gasteiger charge is -2.23. The summed E-state index contributed by atoms with van der Waals surface area (Å²) < 4.78 is 10.5. The summed E-state index contributed by atoms with van der Waals surface area (Å²) in [4.78, 5) is 21.9. The first kappa shape index (κ1) is 15.4. The van der Waals surface area contributed by atoms with Crippen LogP contribution in [0.5, 0.6) is 0 Å². The minimum atomic E-state index is -1.01. The summed E-state index contributed by atoms with van der Waals surface area (Å²) in [6.45, 7) is 2.10. The van der Waals surface area contributed by atoms with Gasteiger partial charge in [0, 0.05) is 13.5 Å². The highest BCUT2D eigenvalue weighted by Crippen LogP contribution is 2.25. The molecule has 5 heteroatoms. The first-order valence-electron chi connectivity index (χ1n) is 6.41. The number of ether oxygens (including phenoxy) is 2. The molecule has 19 heavy (non-hydrogen) atoms. The minimum absolute atomic E-state index is 0.130. The zero-order valence-corrected chi connectivity index (χ0v) is 11.3. The van der Waals surface area contributed by atoms with Gasteiger partial charge in [-0.3, -0.25) is 9.59 Å². The molecule has 1 atom stereocenters. The van der Waals surface area contributed by atoms with Crippen LogP contribution >= 0.6 is 0 Å². The monoisotopic (exact) mass is 268 g/mol. The van der Waals surface area contributed by atoms with Crippen molar-refractivity contribution < 1.29 is 24.2 Å². The molecule has 5 nitrogen and oxygen atoms in total. The maximum atomic E-state index is 11.5. The van der Waals surface area contributed by atoms with E-state index >= 15 is 0 Å². The number of methoxy groups -OCH3 is 1. The summed E-state index contributed by atoms with van der Waals surface area (Å²) in [5, 5.41) is 8.50. The Hall–Kier alpha value is -1.62. The number of rotatable bonds is 7. The van der Waals surface area contributed by atoms with Gasteiger partial charge in [-0.2, -0.15) is 0 Å². The first-order valence-corrected chi connectivity index (χ1v) is 6.41. The zero-order chi connectivity index (χ0) is 14.3. The van der Waals surface area contributed by atoms with Gasteiger partial charge in [0.1, 0.15) is 11.9 Å². The van der Waals surface area contributed by atoms with Crippen LogP contribution in [0.3, 0.4) is 0 Å². The van der Waals surface area contributed by atoms with Gasteiger partial charge in [0.05, 0.1) is 12.8 Å². The van der Waals surface area contributed by atoms with Crippen molar-refractivity contribution in [1.82, 2.24) is 0 Å². The molecule has 1 rings (SSSR count). The van der Waals surface area contributed by atoms with Gasteiger partial charge in [-0.15, -0.1) is 0 Å². The largest absolute Gasteiger partial charge is 0.481 e. The summed E-state index contributed by atoms with van der Waals surface area (Å²) in [7, 11) is 1.57. The van der Waals surface area contributed by atoms with Crippen LogP contribution in [0.25, 0.3) is 0 Å². The van der Waals surface area contributed by atoms with Crippen molar-refractivity contribution in [3.05, 3.63) is 23.5 Å². The second-order valence-electron chi connectivity index (χ2n) is 4.44. The summed E-state index contributed by atoms with van der Waals surface area (Å²) in [5.41, 5.74) is 1.26. The highest BCUT2D eigenvalue weighted by Gasteiger charge is 2.22. The molecule has 0 amide bonds. The number of esters is 1. The molecule has 0 bridgehead atoms. The molecule has 1 aliphatic rings. The van der Waals surface area contributed by atoms with Crippen LogP contribution in [-0.2, 0) is 19.1 Å². The van der Waals surface area contributed by atoms with Crippen LogP contribution in [0.15, 0.2) is 23.5 Å². The Morgan fingerprint density at radius 1 is 1.37 bits per heavy atom. The fraction of sp³-hybridized carbons (Fsp3) is 0.571. The predicted molar refractivity (Wildman–Crippen MR) is 69.4 cm³/mol. The summed E-state index contributed by atoms with van der Waals surface area (Å²) in [6.07, 6.45) is 5.83. The lowest BCUT2D eigenvalue weighted by Crippen LogP contribution is -2.22. The Morgan fingerprint density at radius 3 is 2.68 bits per heavy atom. The highest BCUT2D eigenvalue weighted by molar-refractivity contribution is 5.77. The van der Waals surface area contributed by atoms with Gasteiger partial charge in [-0.1, -0.05) is 25.0 Å². The molecule has 1 N–H and O–H groups in total. The first-order chi connectivity index (χ1) is 9.06. The van der Waals surface area contributed by atoms with E-state index in [9.17, 15) is 9.59 Å². The fourth-order valence-electron chi connectivity index (χ4n) is 1.91. The Labute approximate surface area is 112 Å². The smallest absolute Gasteiger partial charge is 0.311 e. The van der Waals surface area contributed by atoms with Crippen molar-refractivity contribution in [2.24, 2.45) is 0 Å². The van der Waals surface area contributed by atoms with Crippen molar-refractivity contribution >= 4 is 11.9 Å². The second kappa shape index (κ2) is 7.74. The topological polar surface area (TPSA) is 72.8 Å². The molecule has 0 saturated carbocycles. The third-order valence-corrected chi connectivity index (χ3v) is 2.88. The molecule has 0 spiro atoms. The van der Waals surface area contributed by atoms with Crippen LogP contribution < -0.4 is 0 Å². The Balaban J connectivity index is 2.59. The van der Waals surface area contributed by atoms with Crippen molar-refractivity contribution in [1.29, 1.82) is 0 Å². The normalized spacial score (nSPS) is 18.5. The molecular formula is C14H20O5. The van der Waals surface area contributed by atoms with Gasteiger partial charge in [0.15, 0.2) is 0 Å². The van der Waals surface area contributed by atoms with Crippen molar-refractivity contribution in [2.75, 3.05) is 7.11 Å². The Kier molecular flexibility index (Phi) is 6.29. The lowest BCUT2D eigenvalue weighted by atomic mass is 9.97. The zero-order valence-electron chi connectivity index (χ0n) is 11.3. The summed E-state index contributed by atoms with van der Waals surface area (Å²) in [6, 6.07) is 0. The van der Waals surface area contributed by atoms with Crippen LogP contribution in [0, 0.1) is 0 Å². The van der Waals surface area contributed by atoms with E-state index in [1.807, 2.05) is 6.08 Å². The van der Waals surface area contributed by atoms with E-state index < -0.39 is 11.9 Å². The molecule has 0 fully saturated rings. The number of allylic oxidation sites excluding steroid dienone is 2. The molecule has 0 aliphatic heterocycles. The van der Waals surface area contributed by atoms with Gasteiger partial charge >= 0.3 is 11.9 Å². The van der Waals surface area contributed by atoms with Crippen molar-refractivity contribution in [3.8, 4) is 0 Å². The fourth-order valence-corrected chi connectivity index (χ4v) is 1.91.